The first-order chi connectivity index (χ1) is 16.8. The topological polar surface area (TPSA) is 104 Å². The molecule has 2 aromatic carbocycles. The van der Waals surface area contributed by atoms with E-state index in [-0.39, 0.29) is 23.5 Å². The quantitative estimate of drug-likeness (QED) is 0.580. The first-order valence-corrected chi connectivity index (χ1v) is 10.8. The number of nitrogens with one attached hydrogen (secondary N) is 2. The van der Waals surface area contributed by atoms with Gasteiger partial charge in [0.2, 0.25) is 0 Å². The fourth-order valence-corrected chi connectivity index (χ4v) is 3.74. The van der Waals surface area contributed by atoms with Gasteiger partial charge in [-0.2, -0.15) is 0 Å². The fourth-order valence-electron chi connectivity index (χ4n) is 3.74. The summed E-state index contributed by atoms with van der Waals surface area (Å²) in [5.74, 6) is -4.76. The van der Waals surface area contributed by atoms with Crippen LogP contribution in [0.15, 0.2) is 54.9 Å². The summed E-state index contributed by atoms with van der Waals surface area (Å²) in [7, 11) is 0. The summed E-state index contributed by atoms with van der Waals surface area (Å²) in [4.78, 5) is 47.3. The minimum Gasteiger partial charge on any atom is -0.348 e. The molecule has 3 aromatic rings. The second-order valence-corrected chi connectivity index (χ2v) is 7.85. The van der Waals surface area contributed by atoms with Gasteiger partial charge in [-0.15, -0.1) is 0 Å². The van der Waals surface area contributed by atoms with E-state index in [1.807, 2.05) is 0 Å². The second-order valence-electron chi connectivity index (χ2n) is 7.85. The van der Waals surface area contributed by atoms with Gasteiger partial charge in [0.05, 0.1) is 0 Å². The number of aromatic nitrogens is 2. The van der Waals surface area contributed by atoms with Gasteiger partial charge < -0.3 is 15.5 Å². The Labute approximate surface area is 198 Å². The summed E-state index contributed by atoms with van der Waals surface area (Å²) >= 11 is 0. The molecular formula is C24H20F3N5O3. The molecule has 0 aliphatic carbocycles. The molecule has 0 spiro atoms. The number of benzene rings is 2. The minimum atomic E-state index is -1.11. The molecule has 2 N–H and O–H groups in total. The smallest absolute Gasteiger partial charge is 0.273 e. The van der Waals surface area contributed by atoms with Crippen LogP contribution in [0.2, 0.25) is 0 Å². The van der Waals surface area contributed by atoms with Crippen molar-refractivity contribution >= 4 is 23.5 Å². The zero-order valence-corrected chi connectivity index (χ0v) is 18.3. The molecule has 1 saturated heterocycles. The lowest BCUT2D eigenvalue weighted by molar-refractivity contribution is 0.0697. The SMILES string of the molecule is O=C(NC1CCN(C(=O)c2ccc(F)cc2)CC1)c1nccnc1NC(=O)c1c(F)cccc1F. The van der Waals surface area contributed by atoms with Crippen molar-refractivity contribution in [1.29, 1.82) is 0 Å². The predicted molar refractivity (Wildman–Crippen MR) is 119 cm³/mol. The third-order valence-corrected chi connectivity index (χ3v) is 5.54. The monoisotopic (exact) mass is 483 g/mol. The van der Waals surface area contributed by atoms with Crippen LogP contribution in [0.1, 0.15) is 44.0 Å². The van der Waals surface area contributed by atoms with E-state index in [1.165, 1.54) is 36.7 Å². The van der Waals surface area contributed by atoms with Crippen molar-refractivity contribution in [3.05, 3.63) is 89.1 Å². The molecule has 3 amide bonds. The first-order valence-electron chi connectivity index (χ1n) is 10.8. The Morgan fingerprint density at radius 2 is 1.49 bits per heavy atom. The van der Waals surface area contributed by atoms with Gasteiger partial charge in [0, 0.05) is 37.1 Å². The zero-order valence-electron chi connectivity index (χ0n) is 18.3. The van der Waals surface area contributed by atoms with Crippen molar-refractivity contribution in [3.8, 4) is 0 Å². The Morgan fingerprint density at radius 3 is 2.14 bits per heavy atom. The van der Waals surface area contributed by atoms with Crippen LogP contribution in [0, 0.1) is 17.5 Å². The molecule has 8 nitrogen and oxygen atoms in total. The van der Waals surface area contributed by atoms with Crippen molar-refractivity contribution in [2.24, 2.45) is 0 Å². The molecule has 0 radical (unpaired) electrons. The van der Waals surface area contributed by atoms with Crippen LogP contribution in [0.25, 0.3) is 0 Å². The summed E-state index contributed by atoms with van der Waals surface area (Å²) in [6.07, 6.45) is 3.39. The van der Waals surface area contributed by atoms with Gasteiger partial charge in [0.25, 0.3) is 17.7 Å². The van der Waals surface area contributed by atoms with Gasteiger partial charge in [0.15, 0.2) is 11.5 Å². The number of amides is 3. The molecule has 4 rings (SSSR count). The summed E-state index contributed by atoms with van der Waals surface area (Å²) in [5, 5.41) is 5.03. The number of carbonyl (C=O) groups is 3. The molecule has 0 unspecified atom stereocenters. The molecule has 0 atom stereocenters. The zero-order chi connectivity index (χ0) is 24.9. The number of anilines is 1. The number of likely N-dealkylation sites (tertiary alicyclic amines) is 1. The van der Waals surface area contributed by atoms with Crippen molar-refractivity contribution in [2.75, 3.05) is 18.4 Å². The molecule has 1 aliphatic heterocycles. The van der Waals surface area contributed by atoms with E-state index in [9.17, 15) is 27.6 Å². The normalized spacial score (nSPS) is 13.9. The van der Waals surface area contributed by atoms with Gasteiger partial charge in [-0.25, -0.2) is 23.1 Å². The number of nitrogens with zero attached hydrogens (tertiary/aromatic N) is 3. The maximum Gasteiger partial charge on any atom is 0.273 e. The Morgan fingerprint density at radius 1 is 0.857 bits per heavy atom. The maximum absolute atomic E-state index is 13.9. The molecule has 35 heavy (non-hydrogen) atoms. The molecule has 0 saturated carbocycles. The molecular weight excluding hydrogens is 463 g/mol. The van der Waals surface area contributed by atoms with Crippen LogP contribution in [0.4, 0.5) is 19.0 Å². The number of piperidine rings is 1. The second kappa shape index (κ2) is 10.3. The van der Waals surface area contributed by atoms with Gasteiger partial charge >= 0.3 is 0 Å². The Hall–Kier alpha value is -4.28. The van der Waals surface area contributed by atoms with Gasteiger partial charge in [-0.3, -0.25) is 14.4 Å². The summed E-state index contributed by atoms with van der Waals surface area (Å²) < 4.78 is 40.9. The molecule has 0 bridgehead atoms. The highest BCUT2D eigenvalue weighted by atomic mass is 19.1. The van der Waals surface area contributed by atoms with Crippen molar-refractivity contribution in [2.45, 2.75) is 18.9 Å². The lowest BCUT2D eigenvalue weighted by Crippen LogP contribution is -2.46. The minimum absolute atomic E-state index is 0.220. The number of halogens is 3. The van der Waals surface area contributed by atoms with Gasteiger partial charge in [-0.05, 0) is 49.2 Å². The highest BCUT2D eigenvalue weighted by molar-refractivity contribution is 6.07. The number of hydrogen-bond acceptors (Lipinski definition) is 5. The summed E-state index contributed by atoms with van der Waals surface area (Å²) in [6, 6.07) is 8.00. The summed E-state index contributed by atoms with van der Waals surface area (Å²) in [6.45, 7) is 0.746. The Kier molecular flexibility index (Phi) is 7.04. The number of carbonyl (C=O) groups excluding carboxylic acids is 3. The molecule has 1 aromatic heterocycles. The van der Waals surface area contributed by atoms with E-state index in [4.69, 9.17) is 0 Å². The fraction of sp³-hybridized carbons (Fsp3) is 0.208. The predicted octanol–water partition coefficient (Wildman–Crippen LogP) is 3.18. The van der Waals surface area contributed by atoms with Crippen molar-refractivity contribution in [1.82, 2.24) is 20.2 Å². The van der Waals surface area contributed by atoms with E-state index in [0.717, 1.165) is 18.2 Å². The number of rotatable bonds is 5. The first kappa shape index (κ1) is 23.9. The van der Waals surface area contributed by atoms with E-state index in [2.05, 4.69) is 20.6 Å². The average molecular weight is 483 g/mol. The maximum atomic E-state index is 13.9. The van der Waals surface area contributed by atoms with Crippen LogP contribution in [-0.2, 0) is 0 Å². The van der Waals surface area contributed by atoms with E-state index in [1.54, 1.807) is 4.90 Å². The third kappa shape index (κ3) is 5.45. The van der Waals surface area contributed by atoms with Crippen LogP contribution >= 0.6 is 0 Å². The highest BCUT2D eigenvalue weighted by Gasteiger charge is 2.27. The molecule has 1 aliphatic rings. The van der Waals surface area contributed by atoms with Crippen molar-refractivity contribution in [3.63, 3.8) is 0 Å². The largest absolute Gasteiger partial charge is 0.348 e. The van der Waals surface area contributed by atoms with Gasteiger partial charge in [-0.1, -0.05) is 6.07 Å². The van der Waals surface area contributed by atoms with E-state index < -0.39 is 34.8 Å². The molecule has 1 fully saturated rings. The molecule has 180 valence electrons. The average Bonchev–Trinajstić information content (AvgIpc) is 2.85. The summed E-state index contributed by atoms with van der Waals surface area (Å²) in [5.41, 5.74) is -0.648. The standard InChI is InChI=1S/C24H20F3N5O3/c25-15-6-4-14(5-7-15)24(35)32-12-8-16(9-13-32)30-23(34)20-21(29-11-10-28-20)31-22(33)19-17(26)2-1-3-18(19)27/h1-7,10-11,16H,8-9,12-13H2,(H,30,34)(H,29,31,33). The van der Waals surface area contributed by atoms with Crippen LogP contribution in [-0.4, -0.2) is 51.7 Å². The Bertz CT molecular complexity index is 1240. The van der Waals surface area contributed by atoms with Crippen LogP contribution < -0.4 is 10.6 Å². The van der Waals surface area contributed by atoms with Crippen molar-refractivity contribution < 1.29 is 27.6 Å². The van der Waals surface area contributed by atoms with E-state index in [0.29, 0.717) is 31.5 Å². The van der Waals surface area contributed by atoms with E-state index >= 15 is 0 Å². The Balaban J connectivity index is 1.38. The van der Waals surface area contributed by atoms with Gasteiger partial charge in [0.1, 0.15) is 23.0 Å². The number of hydrogen-bond donors (Lipinski definition) is 2. The van der Waals surface area contributed by atoms with Crippen LogP contribution in [0.5, 0.6) is 0 Å². The lowest BCUT2D eigenvalue weighted by atomic mass is 10.0. The lowest BCUT2D eigenvalue weighted by Gasteiger charge is -2.32. The molecule has 11 heteroatoms. The third-order valence-electron chi connectivity index (χ3n) is 5.54. The molecule has 2 heterocycles. The van der Waals surface area contributed by atoms with Crippen LogP contribution in [0.3, 0.4) is 0 Å². The highest BCUT2D eigenvalue weighted by Crippen LogP contribution is 2.18.